The molecule has 130 valence electrons. The van der Waals surface area contributed by atoms with Crippen LogP contribution in [-0.2, 0) is 0 Å². The zero-order chi connectivity index (χ0) is 17.4. The van der Waals surface area contributed by atoms with Gasteiger partial charge in [-0.3, -0.25) is 0 Å². The maximum Gasteiger partial charge on any atom is 0.121 e. The van der Waals surface area contributed by atoms with Gasteiger partial charge in [-0.05, 0) is 42.7 Å². The molecule has 0 aliphatic rings. The Balaban J connectivity index is 1.76. The molecule has 0 unspecified atom stereocenters. The largest absolute Gasteiger partial charge is 0.494 e. The van der Waals surface area contributed by atoms with Gasteiger partial charge in [0.15, 0.2) is 0 Å². The molecule has 3 nitrogen and oxygen atoms in total. The maximum atomic E-state index is 6.13. The zero-order valence-electron chi connectivity index (χ0n) is 14.1. The molecule has 2 aromatic rings. The third-order valence-electron chi connectivity index (χ3n) is 3.50. The summed E-state index contributed by atoms with van der Waals surface area (Å²) < 4.78 is 5.77. The second-order valence-corrected chi connectivity index (χ2v) is 6.88. The molecular formula is C19H24Cl2N2O. The summed E-state index contributed by atoms with van der Waals surface area (Å²) in [5.74, 6) is 1.54. The molecule has 0 radical (unpaired) electrons. The molecule has 0 atom stereocenters. The van der Waals surface area contributed by atoms with Crippen molar-refractivity contribution >= 4 is 34.6 Å². The van der Waals surface area contributed by atoms with Gasteiger partial charge in [0.2, 0.25) is 0 Å². The molecule has 0 fully saturated rings. The molecule has 0 aliphatic carbocycles. The van der Waals surface area contributed by atoms with E-state index in [1.54, 1.807) is 12.1 Å². The fourth-order valence-electron chi connectivity index (χ4n) is 2.15. The van der Waals surface area contributed by atoms with E-state index in [9.17, 15) is 0 Å². The normalized spacial score (nSPS) is 10.7. The molecule has 0 spiro atoms. The van der Waals surface area contributed by atoms with Crippen LogP contribution in [0.1, 0.15) is 20.3 Å². The van der Waals surface area contributed by atoms with E-state index >= 15 is 0 Å². The second kappa shape index (κ2) is 9.65. The predicted molar refractivity (Wildman–Crippen MR) is 105 cm³/mol. The Morgan fingerprint density at radius 1 is 1.00 bits per heavy atom. The van der Waals surface area contributed by atoms with E-state index < -0.39 is 0 Å². The second-order valence-electron chi connectivity index (χ2n) is 6.04. The van der Waals surface area contributed by atoms with Crippen molar-refractivity contribution in [3.05, 3.63) is 52.5 Å². The Morgan fingerprint density at radius 3 is 2.58 bits per heavy atom. The third kappa shape index (κ3) is 6.50. The highest BCUT2D eigenvalue weighted by Crippen LogP contribution is 2.25. The average molecular weight is 367 g/mol. The number of anilines is 2. The average Bonchev–Trinajstić information content (AvgIpc) is 2.55. The Bertz CT molecular complexity index is 647. The van der Waals surface area contributed by atoms with E-state index in [4.69, 9.17) is 27.9 Å². The summed E-state index contributed by atoms with van der Waals surface area (Å²) in [6.45, 7) is 6.63. The predicted octanol–water partition coefficient (Wildman–Crippen LogP) is 5.94. The summed E-state index contributed by atoms with van der Waals surface area (Å²) in [6, 6.07) is 13.4. The summed E-state index contributed by atoms with van der Waals surface area (Å²) in [7, 11) is 0. The van der Waals surface area contributed by atoms with Gasteiger partial charge in [0.1, 0.15) is 5.75 Å². The van der Waals surface area contributed by atoms with Gasteiger partial charge in [0.25, 0.3) is 0 Å². The lowest BCUT2D eigenvalue weighted by molar-refractivity contribution is 0.289. The minimum absolute atomic E-state index is 0.649. The van der Waals surface area contributed by atoms with Crippen LogP contribution in [0, 0.1) is 5.92 Å². The zero-order valence-corrected chi connectivity index (χ0v) is 15.6. The van der Waals surface area contributed by atoms with Crippen LogP contribution < -0.4 is 15.4 Å². The highest BCUT2D eigenvalue weighted by molar-refractivity contribution is 6.35. The van der Waals surface area contributed by atoms with E-state index in [1.165, 1.54) is 0 Å². The Morgan fingerprint density at radius 2 is 1.79 bits per heavy atom. The smallest absolute Gasteiger partial charge is 0.121 e. The van der Waals surface area contributed by atoms with Crippen LogP contribution in [0.15, 0.2) is 42.5 Å². The maximum absolute atomic E-state index is 6.13. The molecule has 0 aliphatic heterocycles. The molecule has 24 heavy (non-hydrogen) atoms. The first-order chi connectivity index (χ1) is 11.5. The van der Waals surface area contributed by atoms with Crippen LogP contribution >= 0.6 is 23.2 Å². The Labute approximate surface area is 154 Å². The molecule has 2 aromatic carbocycles. The number of rotatable bonds is 9. The van der Waals surface area contributed by atoms with Gasteiger partial charge in [-0.1, -0.05) is 43.1 Å². The molecular weight excluding hydrogens is 343 g/mol. The van der Waals surface area contributed by atoms with E-state index in [1.807, 2.05) is 30.3 Å². The number of halogens is 2. The van der Waals surface area contributed by atoms with Crippen molar-refractivity contribution in [2.24, 2.45) is 5.92 Å². The van der Waals surface area contributed by atoms with E-state index in [0.717, 1.165) is 43.2 Å². The molecule has 0 heterocycles. The molecule has 2 rings (SSSR count). The minimum atomic E-state index is 0.649. The molecule has 0 saturated carbocycles. The molecule has 0 saturated heterocycles. The molecule has 0 bridgehead atoms. The fourth-order valence-corrected chi connectivity index (χ4v) is 2.50. The standard InChI is InChI=1S/C19H24Cl2N2O/c1-14(2)8-11-24-17-5-3-4-16(13-17)22-9-10-23-19-12-15(20)6-7-18(19)21/h3-7,12-14,22-23H,8-11H2,1-2H3. The quantitative estimate of drug-likeness (QED) is 0.538. The van der Waals surface area contributed by atoms with Crippen LogP contribution in [0.3, 0.4) is 0 Å². The summed E-state index contributed by atoms with van der Waals surface area (Å²) in [5.41, 5.74) is 1.88. The minimum Gasteiger partial charge on any atom is -0.494 e. The first-order valence-electron chi connectivity index (χ1n) is 8.20. The summed E-state index contributed by atoms with van der Waals surface area (Å²) in [6.07, 6.45) is 1.06. The SMILES string of the molecule is CC(C)CCOc1cccc(NCCNc2cc(Cl)ccc2Cl)c1. The monoisotopic (exact) mass is 366 g/mol. The van der Waals surface area contributed by atoms with Crippen LogP contribution in [0.25, 0.3) is 0 Å². The first-order valence-corrected chi connectivity index (χ1v) is 8.96. The molecule has 0 amide bonds. The van der Waals surface area contributed by atoms with Crippen LogP contribution in [0.5, 0.6) is 5.75 Å². The van der Waals surface area contributed by atoms with Crippen LogP contribution in [-0.4, -0.2) is 19.7 Å². The van der Waals surface area contributed by atoms with Crippen molar-refractivity contribution in [1.29, 1.82) is 0 Å². The summed E-state index contributed by atoms with van der Waals surface area (Å²) in [5, 5.41) is 7.98. The highest BCUT2D eigenvalue weighted by Gasteiger charge is 2.01. The van der Waals surface area contributed by atoms with Crippen molar-refractivity contribution in [1.82, 2.24) is 0 Å². The van der Waals surface area contributed by atoms with Crippen molar-refractivity contribution in [2.75, 3.05) is 30.3 Å². The van der Waals surface area contributed by atoms with Crippen LogP contribution in [0.4, 0.5) is 11.4 Å². The summed E-state index contributed by atoms with van der Waals surface area (Å²) in [4.78, 5) is 0. The highest BCUT2D eigenvalue weighted by atomic mass is 35.5. The summed E-state index contributed by atoms with van der Waals surface area (Å²) >= 11 is 12.1. The number of nitrogens with one attached hydrogen (secondary N) is 2. The van der Waals surface area contributed by atoms with Gasteiger partial charge in [0, 0.05) is 29.9 Å². The number of benzene rings is 2. The first kappa shape index (κ1) is 18.8. The van der Waals surface area contributed by atoms with Crippen molar-refractivity contribution < 1.29 is 4.74 Å². The van der Waals surface area contributed by atoms with E-state index in [-0.39, 0.29) is 0 Å². The number of hydrogen-bond donors (Lipinski definition) is 2. The molecule has 5 heteroatoms. The Hall–Kier alpha value is -1.58. The van der Waals surface area contributed by atoms with Gasteiger partial charge in [-0.2, -0.15) is 0 Å². The van der Waals surface area contributed by atoms with Gasteiger partial charge in [-0.25, -0.2) is 0 Å². The van der Waals surface area contributed by atoms with Gasteiger partial charge < -0.3 is 15.4 Å². The lowest BCUT2D eigenvalue weighted by Gasteiger charge is -2.12. The van der Waals surface area contributed by atoms with E-state index in [2.05, 4.69) is 24.5 Å². The molecule has 2 N–H and O–H groups in total. The van der Waals surface area contributed by atoms with Gasteiger partial charge in [-0.15, -0.1) is 0 Å². The topological polar surface area (TPSA) is 33.3 Å². The number of ether oxygens (including phenoxy) is 1. The van der Waals surface area contributed by atoms with Gasteiger partial charge >= 0.3 is 0 Å². The van der Waals surface area contributed by atoms with Crippen molar-refractivity contribution in [3.8, 4) is 5.75 Å². The van der Waals surface area contributed by atoms with Gasteiger partial charge in [0.05, 0.1) is 17.3 Å². The van der Waals surface area contributed by atoms with Crippen molar-refractivity contribution in [2.45, 2.75) is 20.3 Å². The Kier molecular flexibility index (Phi) is 7.54. The molecule has 0 aromatic heterocycles. The van der Waals surface area contributed by atoms with Crippen molar-refractivity contribution in [3.63, 3.8) is 0 Å². The third-order valence-corrected chi connectivity index (χ3v) is 4.06. The lowest BCUT2D eigenvalue weighted by atomic mass is 10.1. The van der Waals surface area contributed by atoms with E-state index in [0.29, 0.717) is 16.0 Å². The lowest BCUT2D eigenvalue weighted by Crippen LogP contribution is -2.13. The number of hydrogen-bond acceptors (Lipinski definition) is 3. The van der Waals surface area contributed by atoms with Crippen LogP contribution in [0.2, 0.25) is 10.0 Å². The fraction of sp³-hybridized carbons (Fsp3) is 0.368.